The van der Waals surface area contributed by atoms with E-state index >= 15 is 0 Å². The Morgan fingerprint density at radius 2 is 1.89 bits per heavy atom. The number of rotatable bonds is 3. The second-order valence-electron chi connectivity index (χ2n) is 3.64. The lowest BCUT2D eigenvalue weighted by Gasteiger charge is -2.11. The second-order valence-corrected chi connectivity index (χ2v) is 5.18. The lowest BCUT2D eigenvalue weighted by molar-refractivity contribution is -0.114. The number of aryl methyl sites for hydroxylation is 1. The number of hydrogen-bond acceptors (Lipinski definition) is 4. The minimum atomic E-state index is -5.69. The topological polar surface area (TPSA) is 72.5 Å². The molecule has 9 heteroatoms. The van der Waals surface area contributed by atoms with Gasteiger partial charge in [-0.05, 0) is 30.7 Å². The molecule has 106 valence electrons. The molecule has 5 nitrogen and oxygen atoms in total. The van der Waals surface area contributed by atoms with E-state index in [1.54, 1.807) is 0 Å². The Morgan fingerprint density at radius 3 is 2.32 bits per heavy atom. The zero-order chi connectivity index (χ0) is 14.8. The Balaban J connectivity index is 3.00. The van der Waals surface area contributed by atoms with Gasteiger partial charge in [0.1, 0.15) is 5.75 Å². The fourth-order valence-electron chi connectivity index (χ4n) is 1.19. The summed E-state index contributed by atoms with van der Waals surface area (Å²) in [7, 11) is -5.69. The number of benzene rings is 1. The highest BCUT2D eigenvalue weighted by atomic mass is 32.2. The van der Waals surface area contributed by atoms with Crippen molar-refractivity contribution in [3.8, 4) is 5.75 Å². The quantitative estimate of drug-likeness (QED) is 0.685. The molecule has 19 heavy (non-hydrogen) atoms. The Hall–Kier alpha value is -1.77. The van der Waals surface area contributed by atoms with Gasteiger partial charge in [0.05, 0.1) is 0 Å². The van der Waals surface area contributed by atoms with Gasteiger partial charge in [-0.2, -0.15) is 21.6 Å². The minimum absolute atomic E-state index is 0.351. The molecule has 0 bridgehead atoms. The molecule has 0 aliphatic carbocycles. The standard InChI is InChI=1S/C10H10F3NO4S/c1-6-5-8(3-4-9(6)14-7(2)15)18-19(16,17)10(11,12)13/h3-5H,1-2H3,(H,14,15). The van der Waals surface area contributed by atoms with Gasteiger partial charge in [0.15, 0.2) is 0 Å². The van der Waals surface area contributed by atoms with Crippen LogP contribution in [0.1, 0.15) is 12.5 Å². The summed E-state index contributed by atoms with van der Waals surface area (Å²) >= 11 is 0. The maximum atomic E-state index is 12.1. The van der Waals surface area contributed by atoms with Crippen LogP contribution in [0.3, 0.4) is 0 Å². The molecular weight excluding hydrogens is 287 g/mol. The molecule has 1 amide bonds. The Labute approximate surface area is 107 Å². The third-order valence-corrected chi connectivity index (χ3v) is 2.98. The van der Waals surface area contributed by atoms with E-state index in [0.29, 0.717) is 11.3 Å². The van der Waals surface area contributed by atoms with Crippen molar-refractivity contribution in [3.63, 3.8) is 0 Å². The van der Waals surface area contributed by atoms with Gasteiger partial charge in [-0.1, -0.05) is 0 Å². The van der Waals surface area contributed by atoms with Crippen molar-refractivity contribution in [2.75, 3.05) is 5.32 Å². The average molecular weight is 297 g/mol. The van der Waals surface area contributed by atoms with E-state index in [0.717, 1.165) is 12.1 Å². The molecule has 1 aromatic rings. The minimum Gasteiger partial charge on any atom is -0.376 e. The van der Waals surface area contributed by atoms with Crippen LogP contribution in [-0.4, -0.2) is 19.8 Å². The van der Waals surface area contributed by atoms with E-state index in [9.17, 15) is 26.4 Å². The molecule has 1 N–H and O–H groups in total. The predicted molar refractivity (Wildman–Crippen MR) is 61.1 cm³/mol. The SMILES string of the molecule is CC(=O)Nc1ccc(OS(=O)(=O)C(F)(F)F)cc1C. The van der Waals surface area contributed by atoms with E-state index in [2.05, 4.69) is 9.50 Å². The highest BCUT2D eigenvalue weighted by molar-refractivity contribution is 7.87. The van der Waals surface area contributed by atoms with Crippen LogP contribution in [0.25, 0.3) is 0 Å². The van der Waals surface area contributed by atoms with Crippen molar-refractivity contribution in [1.29, 1.82) is 0 Å². The fourth-order valence-corrected chi connectivity index (χ4v) is 1.64. The zero-order valence-corrected chi connectivity index (χ0v) is 10.7. The summed E-state index contributed by atoms with van der Waals surface area (Å²) in [6, 6.07) is 3.34. The Bertz CT molecular complexity index is 595. The first-order valence-corrected chi connectivity index (χ1v) is 6.33. The van der Waals surface area contributed by atoms with Gasteiger partial charge in [0, 0.05) is 12.6 Å². The molecule has 0 atom stereocenters. The van der Waals surface area contributed by atoms with E-state index in [4.69, 9.17) is 0 Å². The van der Waals surface area contributed by atoms with E-state index < -0.39 is 21.4 Å². The van der Waals surface area contributed by atoms with Crippen LogP contribution < -0.4 is 9.50 Å². The monoisotopic (exact) mass is 297 g/mol. The zero-order valence-electron chi connectivity index (χ0n) is 9.91. The fraction of sp³-hybridized carbons (Fsp3) is 0.300. The van der Waals surface area contributed by atoms with Gasteiger partial charge < -0.3 is 9.50 Å². The highest BCUT2D eigenvalue weighted by Crippen LogP contribution is 2.28. The third-order valence-electron chi connectivity index (χ3n) is 2.00. The lowest BCUT2D eigenvalue weighted by Crippen LogP contribution is -2.28. The van der Waals surface area contributed by atoms with Gasteiger partial charge in [-0.15, -0.1) is 0 Å². The van der Waals surface area contributed by atoms with E-state index in [1.807, 2.05) is 0 Å². The molecular formula is C10H10F3NO4S. The first-order valence-electron chi connectivity index (χ1n) is 4.92. The molecule has 0 saturated heterocycles. The van der Waals surface area contributed by atoms with Crippen molar-refractivity contribution >= 4 is 21.7 Å². The summed E-state index contributed by atoms with van der Waals surface area (Å²) < 4.78 is 61.8. The van der Waals surface area contributed by atoms with E-state index in [1.165, 1.54) is 19.9 Å². The molecule has 0 unspecified atom stereocenters. The average Bonchev–Trinajstić information content (AvgIpc) is 2.19. The van der Waals surface area contributed by atoms with Gasteiger partial charge in [-0.3, -0.25) is 4.79 Å². The molecule has 0 fully saturated rings. The molecule has 1 rings (SSSR count). The van der Waals surface area contributed by atoms with Crippen LogP contribution in [0.15, 0.2) is 18.2 Å². The number of alkyl halides is 3. The highest BCUT2D eigenvalue weighted by Gasteiger charge is 2.48. The summed E-state index contributed by atoms with van der Waals surface area (Å²) in [5.74, 6) is -0.844. The number of anilines is 1. The van der Waals surface area contributed by atoms with Crippen molar-refractivity contribution < 1.29 is 30.6 Å². The Morgan fingerprint density at radius 1 is 1.32 bits per heavy atom. The van der Waals surface area contributed by atoms with E-state index in [-0.39, 0.29) is 5.91 Å². The van der Waals surface area contributed by atoms with Crippen LogP contribution in [0.2, 0.25) is 0 Å². The number of amides is 1. The second kappa shape index (κ2) is 5.08. The van der Waals surface area contributed by atoms with Crippen LogP contribution in [-0.2, 0) is 14.9 Å². The van der Waals surface area contributed by atoms with Crippen molar-refractivity contribution in [3.05, 3.63) is 23.8 Å². The van der Waals surface area contributed by atoms with Crippen molar-refractivity contribution in [2.24, 2.45) is 0 Å². The molecule has 0 heterocycles. The van der Waals surface area contributed by atoms with Crippen LogP contribution in [0, 0.1) is 6.92 Å². The predicted octanol–water partition coefficient (Wildman–Crippen LogP) is 2.18. The maximum Gasteiger partial charge on any atom is 0.534 e. The smallest absolute Gasteiger partial charge is 0.376 e. The summed E-state index contributed by atoms with van der Waals surface area (Å²) in [6.45, 7) is 2.75. The normalized spacial score (nSPS) is 12.1. The van der Waals surface area contributed by atoms with Crippen LogP contribution in [0.4, 0.5) is 18.9 Å². The summed E-state index contributed by atoms with van der Waals surface area (Å²) in [5, 5.41) is 2.43. The third kappa shape index (κ3) is 3.85. The molecule has 0 radical (unpaired) electrons. The summed E-state index contributed by atoms with van der Waals surface area (Å²) in [4.78, 5) is 10.8. The van der Waals surface area contributed by atoms with Crippen LogP contribution in [0.5, 0.6) is 5.75 Å². The summed E-state index contributed by atoms with van der Waals surface area (Å²) in [6.07, 6.45) is 0. The van der Waals surface area contributed by atoms with Gasteiger partial charge in [0.25, 0.3) is 0 Å². The van der Waals surface area contributed by atoms with Gasteiger partial charge in [-0.25, -0.2) is 0 Å². The van der Waals surface area contributed by atoms with Crippen molar-refractivity contribution in [1.82, 2.24) is 0 Å². The number of nitrogens with one attached hydrogen (secondary N) is 1. The first kappa shape index (κ1) is 15.3. The first-order chi connectivity index (χ1) is 8.53. The molecule has 0 saturated carbocycles. The summed E-state index contributed by atoms with van der Waals surface area (Å²) in [5.41, 5.74) is -4.77. The maximum absolute atomic E-state index is 12.1. The van der Waals surface area contributed by atoms with Crippen molar-refractivity contribution in [2.45, 2.75) is 19.4 Å². The Kier molecular flexibility index (Phi) is 4.09. The number of hydrogen-bond donors (Lipinski definition) is 1. The van der Waals surface area contributed by atoms with Gasteiger partial charge in [0.2, 0.25) is 5.91 Å². The number of carbonyl (C=O) groups excluding carboxylic acids is 1. The molecule has 1 aromatic carbocycles. The molecule has 0 aromatic heterocycles. The van der Waals surface area contributed by atoms with Crippen LogP contribution >= 0.6 is 0 Å². The number of carbonyl (C=O) groups is 1. The molecule has 0 aliphatic heterocycles. The lowest BCUT2D eigenvalue weighted by atomic mass is 10.2. The molecule has 0 aliphatic rings. The number of halogens is 3. The van der Waals surface area contributed by atoms with Gasteiger partial charge >= 0.3 is 15.6 Å². The largest absolute Gasteiger partial charge is 0.534 e. The molecule has 0 spiro atoms.